The van der Waals surface area contributed by atoms with Crippen molar-refractivity contribution < 1.29 is 17.7 Å². The number of hydrogen-bond acceptors (Lipinski definition) is 5. The van der Waals surface area contributed by atoms with Crippen molar-refractivity contribution in [2.24, 2.45) is 0 Å². The van der Waals surface area contributed by atoms with Crippen LogP contribution in [0.2, 0.25) is 0 Å². The van der Waals surface area contributed by atoms with Crippen LogP contribution in [0.25, 0.3) is 0 Å². The molecule has 0 aliphatic carbocycles. The quantitative estimate of drug-likeness (QED) is 0.840. The summed E-state index contributed by atoms with van der Waals surface area (Å²) in [5.41, 5.74) is 0. The van der Waals surface area contributed by atoms with Crippen LogP contribution < -0.4 is 10.0 Å². The van der Waals surface area contributed by atoms with Crippen molar-refractivity contribution in [3.8, 4) is 0 Å². The minimum absolute atomic E-state index is 0.105. The topological polar surface area (TPSA) is 105 Å². The van der Waals surface area contributed by atoms with Gasteiger partial charge in [-0.25, -0.2) is 17.9 Å². The summed E-state index contributed by atoms with van der Waals surface area (Å²) < 4.78 is 30.9. The number of amides is 2. The van der Waals surface area contributed by atoms with Crippen molar-refractivity contribution in [1.82, 2.24) is 14.8 Å². The van der Waals surface area contributed by atoms with Gasteiger partial charge in [0.15, 0.2) is 5.82 Å². The monoisotopic (exact) mass is 316 g/mol. The highest BCUT2D eigenvalue weighted by atomic mass is 32.2. The van der Waals surface area contributed by atoms with Gasteiger partial charge >= 0.3 is 6.03 Å². The highest BCUT2D eigenvalue weighted by Gasteiger charge is 2.29. The molecule has 2 rings (SSSR count). The van der Waals surface area contributed by atoms with Crippen LogP contribution in [-0.4, -0.2) is 49.4 Å². The van der Waals surface area contributed by atoms with Gasteiger partial charge in [-0.05, 0) is 19.8 Å². The highest BCUT2D eigenvalue weighted by molar-refractivity contribution is 7.89. The number of urea groups is 1. The lowest BCUT2D eigenvalue weighted by molar-refractivity contribution is 0.221. The molecule has 2 heterocycles. The molecule has 0 bridgehead atoms. The number of carbonyl (C=O) groups is 1. The lowest BCUT2D eigenvalue weighted by Crippen LogP contribution is -2.40. The third-order valence-electron chi connectivity index (χ3n) is 3.16. The fourth-order valence-electron chi connectivity index (χ4n) is 2.24. The molecule has 1 atom stereocenters. The maximum atomic E-state index is 12.0. The van der Waals surface area contributed by atoms with E-state index < -0.39 is 10.0 Å². The first-order chi connectivity index (χ1) is 9.89. The number of aryl methyl sites for hydroxylation is 1. The molecule has 1 fully saturated rings. The summed E-state index contributed by atoms with van der Waals surface area (Å²) in [5, 5.41) is 6.30. The molecule has 1 aliphatic heterocycles. The number of aromatic nitrogens is 1. The molecule has 0 saturated carbocycles. The first kappa shape index (κ1) is 15.8. The molecular weight excluding hydrogens is 296 g/mol. The Balaban J connectivity index is 1.86. The highest BCUT2D eigenvalue weighted by Crippen LogP contribution is 2.13. The molecule has 1 saturated heterocycles. The van der Waals surface area contributed by atoms with Crippen LogP contribution in [0.15, 0.2) is 10.6 Å². The Kier molecular flexibility index (Phi) is 4.84. The van der Waals surface area contributed by atoms with Crippen molar-refractivity contribution in [3.05, 3.63) is 11.8 Å². The second-order valence-electron chi connectivity index (χ2n) is 5.12. The Morgan fingerprint density at radius 3 is 2.95 bits per heavy atom. The molecule has 2 N–H and O–H groups in total. The summed E-state index contributed by atoms with van der Waals surface area (Å²) >= 11 is 0. The predicted molar refractivity (Wildman–Crippen MR) is 77.5 cm³/mol. The van der Waals surface area contributed by atoms with E-state index in [-0.39, 0.29) is 17.8 Å². The summed E-state index contributed by atoms with van der Waals surface area (Å²) in [7, 11) is -3.26. The lowest BCUT2D eigenvalue weighted by atomic mass is 10.3. The molecule has 9 heteroatoms. The first-order valence-electron chi connectivity index (χ1n) is 6.89. The average molecular weight is 316 g/mol. The van der Waals surface area contributed by atoms with Gasteiger partial charge in [0.2, 0.25) is 10.0 Å². The van der Waals surface area contributed by atoms with Gasteiger partial charge < -0.3 is 9.42 Å². The van der Waals surface area contributed by atoms with Gasteiger partial charge in [-0.15, -0.1) is 0 Å². The average Bonchev–Trinajstić information content (AvgIpc) is 2.98. The Labute approximate surface area is 123 Å². The van der Waals surface area contributed by atoms with Crippen LogP contribution in [0.5, 0.6) is 0 Å². The molecule has 2 amide bonds. The SMILES string of the molecule is CCCS(=O)(=O)NC1CCN(C(=O)Nc2cc(C)on2)C1. The van der Waals surface area contributed by atoms with E-state index in [9.17, 15) is 13.2 Å². The number of sulfonamides is 1. The zero-order chi connectivity index (χ0) is 15.5. The first-order valence-corrected chi connectivity index (χ1v) is 8.54. The summed E-state index contributed by atoms with van der Waals surface area (Å²) in [6, 6.07) is 1.09. The van der Waals surface area contributed by atoms with Crippen molar-refractivity contribution in [1.29, 1.82) is 0 Å². The lowest BCUT2D eigenvalue weighted by Gasteiger charge is -2.16. The van der Waals surface area contributed by atoms with Gasteiger partial charge in [0.05, 0.1) is 5.75 Å². The Bertz CT molecular complexity index is 598. The fraction of sp³-hybridized carbons (Fsp3) is 0.667. The van der Waals surface area contributed by atoms with Crippen LogP contribution >= 0.6 is 0 Å². The number of anilines is 1. The van der Waals surface area contributed by atoms with Crippen molar-refractivity contribution >= 4 is 21.9 Å². The zero-order valence-electron chi connectivity index (χ0n) is 12.1. The second kappa shape index (κ2) is 6.44. The van der Waals surface area contributed by atoms with Crippen LogP contribution in [0.3, 0.4) is 0 Å². The molecule has 0 radical (unpaired) electrons. The van der Waals surface area contributed by atoms with E-state index >= 15 is 0 Å². The largest absolute Gasteiger partial charge is 0.360 e. The smallest absolute Gasteiger partial charge is 0.323 e. The molecule has 118 valence electrons. The van der Waals surface area contributed by atoms with Gasteiger partial charge in [-0.1, -0.05) is 12.1 Å². The zero-order valence-corrected chi connectivity index (χ0v) is 12.9. The molecule has 0 spiro atoms. The van der Waals surface area contributed by atoms with Crippen molar-refractivity contribution in [3.63, 3.8) is 0 Å². The molecule has 0 aromatic carbocycles. The van der Waals surface area contributed by atoms with E-state index in [4.69, 9.17) is 4.52 Å². The summed E-state index contributed by atoms with van der Waals surface area (Å²) in [6.07, 6.45) is 1.17. The number of hydrogen-bond donors (Lipinski definition) is 2. The molecule has 1 aromatic heterocycles. The molecule has 1 aromatic rings. The number of carbonyl (C=O) groups excluding carboxylic acids is 1. The number of rotatable bonds is 5. The summed E-state index contributed by atoms with van der Waals surface area (Å²) in [4.78, 5) is 13.6. The molecule has 8 nitrogen and oxygen atoms in total. The third-order valence-corrected chi connectivity index (χ3v) is 4.80. The maximum absolute atomic E-state index is 12.0. The Morgan fingerprint density at radius 1 is 1.57 bits per heavy atom. The fourth-order valence-corrected chi connectivity index (χ4v) is 3.59. The molecular formula is C12H20N4O4S. The summed E-state index contributed by atoms with van der Waals surface area (Å²) in [5.74, 6) is 1.07. The molecule has 21 heavy (non-hydrogen) atoms. The van der Waals surface area contributed by atoms with Gasteiger partial charge in [0, 0.05) is 25.2 Å². The standard InChI is InChI=1S/C12H20N4O4S/c1-3-6-21(18,19)15-10-4-5-16(8-10)12(17)13-11-7-9(2)20-14-11/h7,10,15H,3-6,8H2,1-2H3,(H,13,14,17). The van der Waals surface area contributed by atoms with Crippen LogP contribution in [0, 0.1) is 6.92 Å². The van der Waals surface area contributed by atoms with E-state index in [1.54, 1.807) is 17.9 Å². The van der Waals surface area contributed by atoms with Gasteiger partial charge in [-0.3, -0.25) is 5.32 Å². The van der Waals surface area contributed by atoms with Crippen LogP contribution in [0.1, 0.15) is 25.5 Å². The Morgan fingerprint density at radius 2 is 2.33 bits per heavy atom. The number of nitrogens with zero attached hydrogens (tertiary/aromatic N) is 2. The van der Waals surface area contributed by atoms with Crippen LogP contribution in [-0.2, 0) is 10.0 Å². The van der Waals surface area contributed by atoms with E-state index in [0.29, 0.717) is 37.5 Å². The van der Waals surface area contributed by atoms with Crippen molar-refractivity contribution in [2.45, 2.75) is 32.7 Å². The van der Waals surface area contributed by atoms with E-state index in [0.717, 1.165) is 0 Å². The van der Waals surface area contributed by atoms with Crippen molar-refractivity contribution in [2.75, 3.05) is 24.2 Å². The minimum Gasteiger partial charge on any atom is -0.360 e. The summed E-state index contributed by atoms with van der Waals surface area (Å²) in [6.45, 7) is 4.40. The van der Waals surface area contributed by atoms with E-state index in [1.165, 1.54) is 0 Å². The maximum Gasteiger partial charge on any atom is 0.323 e. The normalized spacial score (nSPS) is 19.0. The van der Waals surface area contributed by atoms with Gasteiger partial charge in [0.1, 0.15) is 5.76 Å². The Hall–Kier alpha value is -1.61. The predicted octanol–water partition coefficient (Wildman–Crippen LogP) is 0.919. The van der Waals surface area contributed by atoms with Gasteiger partial charge in [0.25, 0.3) is 0 Å². The molecule has 1 unspecified atom stereocenters. The minimum atomic E-state index is -3.26. The van der Waals surface area contributed by atoms with E-state index in [2.05, 4.69) is 15.2 Å². The number of likely N-dealkylation sites (tertiary alicyclic amines) is 1. The third kappa shape index (κ3) is 4.43. The van der Waals surface area contributed by atoms with Gasteiger partial charge in [-0.2, -0.15) is 0 Å². The molecule has 1 aliphatic rings. The van der Waals surface area contributed by atoms with E-state index in [1.807, 2.05) is 6.92 Å². The van der Waals surface area contributed by atoms with Crippen LogP contribution in [0.4, 0.5) is 10.6 Å². The second-order valence-corrected chi connectivity index (χ2v) is 6.99. The number of nitrogens with one attached hydrogen (secondary N) is 2.